The summed E-state index contributed by atoms with van der Waals surface area (Å²) in [7, 11) is -2.34. The van der Waals surface area contributed by atoms with Crippen LogP contribution in [0.2, 0.25) is 0 Å². The van der Waals surface area contributed by atoms with Crippen molar-refractivity contribution in [3.8, 4) is 5.75 Å². The van der Waals surface area contributed by atoms with E-state index in [0.717, 1.165) is 26.7 Å². The number of carbonyl (C=O) groups is 1. The highest BCUT2D eigenvalue weighted by Gasteiger charge is 2.27. The highest BCUT2D eigenvalue weighted by Crippen LogP contribution is 2.26. The van der Waals surface area contributed by atoms with Gasteiger partial charge in [0, 0.05) is 0 Å². The Kier molecular flexibility index (Phi) is 7.20. The first-order valence-electron chi connectivity index (χ1n) is 10.3. The molecule has 0 fully saturated rings. The van der Waals surface area contributed by atoms with Gasteiger partial charge in [-0.1, -0.05) is 36.4 Å². The van der Waals surface area contributed by atoms with Crippen LogP contribution in [-0.4, -0.2) is 28.0 Å². The number of carbonyl (C=O) groups excluding carboxylic acids is 1. The fourth-order valence-electron chi connectivity index (χ4n) is 3.31. The molecule has 7 heteroatoms. The molecule has 0 unspecified atom stereocenters. The second kappa shape index (κ2) is 9.87. The largest absolute Gasteiger partial charge is 0.497 e. The molecule has 0 heterocycles. The lowest BCUT2D eigenvalue weighted by atomic mass is 10.1. The van der Waals surface area contributed by atoms with Crippen LogP contribution >= 0.6 is 0 Å². The molecule has 3 aromatic rings. The zero-order chi connectivity index (χ0) is 23.3. The third-order valence-corrected chi connectivity index (χ3v) is 7.18. The number of hydrogen-bond donors (Lipinski definition) is 1. The van der Waals surface area contributed by atoms with Gasteiger partial charge in [0.1, 0.15) is 12.3 Å². The van der Waals surface area contributed by atoms with E-state index < -0.39 is 15.9 Å². The predicted molar refractivity (Wildman–Crippen MR) is 126 cm³/mol. The normalized spacial score (nSPS) is 12.1. The molecule has 168 valence electrons. The molecule has 3 aromatic carbocycles. The summed E-state index contributed by atoms with van der Waals surface area (Å²) >= 11 is 0. The fourth-order valence-corrected chi connectivity index (χ4v) is 4.74. The van der Waals surface area contributed by atoms with E-state index in [1.54, 1.807) is 37.4 Å². The van der Waals surface area contributed by atoms with Crippen molar-refractivity contribution in [1.82, 2.24) is 5.32 Å². The lowest BCUT2D eigenvalue weighted by molar-refractivity contribution is -0.120. The number of rotatable bonds is 8. The van der Waals surface area contributed by atoms with E-state index >= 15 is 0 Å². The summed E-state index contributed by atoms with van der Waals surface area (Å²) < 4.78 is 33.2. The number of hydrogen-bond acceptors (Lipinski definition) is 4. The Bertz CT molecular complexity index is 1180. The molecule has 1 atom stereocenters. The molecule has 0 saturated heterocycles. The van der Waals surface area contributed by atoms with Gasteiger partial charge < -0.3 is 10.1 Å². The van der Waals surface area contributed by atoms with E-state index in [9.17, 15) is 13.2 Å². The number of benzene rings is 3. The van der Waals surface area contributed by atoms with Crippen molar-refractivity contribution in [2.24, 2.45) is 0 Å². The second-order valence-electron chi connectivity index (χ2n) is 7.66. The van der Waals surface area contributed by atoms with Crippen LogP contribution in [0.15, 0.2) is 77.7 Å². The number of ether oxygens (including phenoxy) is 1. The summed E-state index contributed by atoms with van der Waals surface area (Å²) in [5.74, 6) is 0.327. The van der Waals surface area contributed by atoms with E-state index in [1.807, 2.05) is 51.1 Å². The molecule has 0 spiro atoms. The quantitative estimate of drug-likeness (QED) is 0.550. The van der Waals surface area contributed by atoms with Crippen molar-refractivity contribution in [1.29, 1.82) is 0 Å². The maximum absolute atomic E-state index is 13.4. The first-order chi connectivity index (χ1) is 15.2. The van der Waals surface area contributed by atoms with Crippen LogP contribution in [0.3, 0.4) is 0 Å². The summed E-state index contributed by atoms with van der Waals surface area (Å²) in [6.07, 6.45) is 0. The van der Waals surface area contributed by atoms with Crippen molar-refractivity contribution in [2.45, 2.75) is 31.7 Å². The molecular formula is C25H28N2O4S. The molecule has 3 rings (SSSR count). The van der Waals surface area contributed by atoms with E-state index in [2.05, 4.69) is 5.32 Å². The molecule has 1 N–H and O–H groups in total. The van der Waals surface area contributed by atoms with Gasteiger partial charge in [0.2, 0.25) is 5.91 Å². The van der Waals surface area contributed by atoms with Crippen molar-refractivity contribution in [2.75, 3.05) is 18.0 Å². The highest BCUT2D eigenvalue weighted by atomic mass is 32.2. The summed E-state index contributed by atoms with van der Waals surface area (Å²) in [5.41, 5.74) is 3.33. The Labute approximate surface area is 189 Å². The second-order valence-corrected chi connectivity index (χ2v) is 9.52. The third-order valence-electron chi connectivity index (χ3n) is 5.39. The number of sulfonamides is 1. The van der Waals surface area contributed by atoms with Crippen LogP contribution in [0, 0.1) is 13.8 Å². The van der Waals surface area contributed by atoms with Gasteiger partial charge in [-0.3, -0.25) is 9.10 Å². The number of aryl methyl sites for hydroxylation is 2. The van der Waals surface area contributed by atoms with Crippen LogP contribution in [0.5, 0.6) is 5.75 Å². The Morgan fingerprint density at radius 1 is 0.969 bits per heavy atom. The Balaban J connectivity index is 1.88. The molecule has 0 radical (unpaired) electrons. The maximum atomic E-state index is 13.4. The van der Waals surface area contributed by atoms with Gasteiger partial charge in [-0.05, 0) is 73.9 Å². The molecule has 32 heavy (non-hydrogen) atoms. The molecule has 0 aliphatic heterocycles. The van der Waals surface area contributed by atoms with Crippen molar-refractivity contribution in [3.63, 3.8) is 0 Å². The number of methoxy groups -OCH3 is 1. The summed E-state index contributed by atoms with van der Waals surface area (Å²) in [6.45, 7) is 5.39. The maximum Gasteiger partial charge on any atom is 0.264 e. The van der Waals surface area contributed by atoms with Gasteiger partial charge >= 0.3 is 0 Å². The molecule has 1 amide bonds. The SMILES string of the molecule is COc1ccc([C@@H](C)NC(=O)CN(c2ccc(C)c(C)c2)S(=O)(=O)c2ccccc2)cc1. The van der Waals surface area contributed by atoms with Gasteiger partial charge in [-0.2, -0.15) is 0 Å². The molecule has 0 saturated carbocycles. The molecule has 0 aromatic heterocycles. The summed E-state index contributed by atoms with van der Waals surface area (Å²) in [5, 5.41) is 2.90. The van der Waals surface area contributed by atoms with Crippen molar-refractivity contribution >= 4 is 21.6 Å². The van der Waals surface area contributed by atoms with Crippen LogP contribution in [-0.2, 0) is 14.8 Å². The molecule has 6 nitrogen and oxygen atoms in total. The van der Waals surface area contributed by atoms with Crippen LogP contribution in [0.25, 0.3) is 0 Å². The Hall–Kier alpha value is -3.32. The van der Waals surface area contributed by atoms with Gasteiger partial charge in [0.15, 0.2) is 0 Å². The monoisotopic (exact) mass is 452 g/mol. The minimum atomic E-state index is -3.93. The number of nitrogens with zero attached hydrogens (tertiary/aromatic N) is 1. The first kappa shape index (κ1) is 23.3. The molecule has 0 bridgehead atoms. The minimum absolute atomic E-state index is 0.134. The average molecular weight is 453 g/mol. The number of nitrogens with one attached hydrogen (secondary N) is 1. The standard InChI is InChI=1S/C25H28N2O4S/c1-18-10-13-22(16-19(18)2)27(32(29,30)24-8-6-5-7-9-24)17-25(28)26-20(3)21-11-14-23(31-4)15-12-21/h5-16,20H,17H2,1-4H3,(H,26,28)/t20-/m1/s1. The van der Waals surface area contributed by atoms with Gasteiger partial charge in [-0.25, -0.2) is 8.42 Å². The van der Waals surface area contributed by atoms with E-state index in [0.29, 0.717) is 5.69 Å². The van der Waals surface area contributed by atoms with E-state index in [4.69, 9.17) is 4.74 Å². The Morgan fingerprint density at radius 2 is 1.62 bits per heavy atom. The Morgan fingerprint density at radius 3 is 2.22 bits per heavy atom. The lowest BCUT2D eigenvalue weighted by Gasteiger charge is -2.25. The number of anilines is 1. The van der Waals surface area contributed by atoms with Gasteiger partial charge in [0.05, 0.1) is 23.7 Å². The summed E-state index contributed by atoms with van der Waals surface area (Å²) in [6, 6.07) is 20.6. The topological polar surface area (TPSA) is 75.7 Å². The number of amides is 1. The van der Waals surface area contributed by atoms with Gasteiger partial charge in [0.25, 0.3) is 10.0 Å². The molecule has 0 aliphatic rings. The zero-order valence-electron chi connectivity index (χ0n) is 18.7. The minimum Gasteiger partial charge on any atom is -0.497 e. The zero-order valence-corrected chi connectivity index (χ0v) is 19.5. The summed E-state index contributed by atoms with van der Waals surface area (Å²) in [4.78, 5) is 13.1. The van der Waals surface area contributed by atoms with Crippen molar-refractivity contribution in [3.05, 3.63) is 89.5 Å². The average Bonchev–Trinajstić information content (AvgIpc) is 2.80. The lowest BCUT2D eigenvalue weighted by Crippen LogP contribution is -2.41. The third kappa shape index (κ3) is 5.29. The smallest absolute Gasteiger partial charge is 0.264 e. The van der Waals surface area contributed by atoms with Crippen LogP contribution in [0.1, 0.15) is 29.7 Å². The fraction of sp³-hybridized carbons (Fsp3) is 0.240. The van der Waals surface area contributed by atoms with Gasteiger partial charge in [-0.15, -0.1) is 0 Å². The van der Waals surface area contributed by atoms with Crippen LogP contribution in [0.4, 0.5) is 5.69 Å². The molecule has 0 aliphatic carbocycles. The first-order valence-corrected chi connectivity index (χ1v) is 11.7. The van der Waals surface area contributed by atoms with Crippen LogP contribution < -0.4 is 14.4 Å². The molecular weight excluding hydrogens is 424 g/mol. The predicted octanol–water partition coefficient (Wildman–Crippen LogP) is 4.38. The van der Waals surface area contributed by atoms with E-state index in [1.165, 1.54) is 12.1 Å². The van der Waals surface area contributed by atoms with Crippen molar-refractivity contribution < 1.29 is 17.9 Å². The highest BCUT2D eigenvalue weighted by molar-refractivity contribution is 7.92. The van der Waals surface area contributed by atoms with E-state index in [-0.39, 0.29) is 17.5 Å².